The van der Waals surface area contributed by atoms with Crippen molar-refractivity contribution in [1.29, 1.82) is 0 Å². The Balaban J connectivity index is 0.870. The minimum Gasteiger partial charge on any atom is -0.465 e. The van der Waals surface area contributed by atoms with Crippen LogP contribution in [-0.2, 0) is 80.3 Å². The van der Waals surface area contributed by atoms with E-state index in [0.717, 1.165) is 103 Å². The molecule has 0 aliphatic carbocycles. The van der Waals surface area contributed by atoms with Gasteiger partial charge in [0.25, 0.3) is 0 Å². The monoisotopic (exact) mass is 1160 g/mol. The summed E-state index contributed by atoms with van der Waals surface area (Å²) in [6.45, 7) is 25.8. The van der Waals surface area contributed by atoms with Gasteiger partial charge in [-0.1, -0.05) is 0 Å². The van der Waals surface area contributed by atoms with Crippen LogP contribution < -0.4 is 0 Å². The topological polar surface area (TPSA) is 222 Å². The molecule has 25 heteroatoms. The van der Waals surface area contributed by atoms with Gasteiger partial charge in [0.05, 0.1) is 89.0 Å². The van der Waals surface area contributed by atoms with E-state index < -0.39 is 27.5 Å². The fourth-order valence-corrected chi connectivity index (χ4v) is 17.5. The largest absolute Gasteiger partial charge is 0.465 e. The van der Waals surface area contributed by atoms with E-state index in [9.17, 15) is 28.8 Å². The van der Waals surface area contributed by atoms with Crippen molar-refractivity contribution < 1.29 is 80.3 Å². The maximum atomic E-state index is 12.8. The Bertz CT molecular complexity index is 1600. The molecule has 0 aromatic carbocycles. The molecular formula is C54H96N6O17Si2. The average Bonchev–Trinajstić information content (AvgIpc) is 4.20. The van der Waals surface area contributed by atoms with Crippen LogP contribution in [0.2, 0.25) is 38.3 Å². The fraction of sp³-hybridized carbons (Fsp3) is 0.889. The molecule has 6 aliphatic heterocycles. The Labute approximate surface area is 471 Å². The number of rotatable bonds is 50. The maximum absolute atomic E-state index is 12.8. The summed E-state index contributed by atoms with van der Waals surface area (Å²) < 4.78 is 65.5. The van der Waals surface area contributed by atoms with Gasteiger partial charge in [-0.05, 0) is 51.1 Å². The molecule has 0 aromatic heterocycles. The Hall–Kier alpha value is -3.19. The van der Waals surface area contributed by atoms with Gasteiger partial charge in [-0.15, -0.1) is 0 Å². The first-order chi connectivity index (χ1) is 38.0. The molecule has 23 nitrogen and oxygen atoms in total. The van der Waals surface area contributed by atoms with Gasteiger partial charge in [0.1, 0.15) is 39.6 Å². The van der Waals surface area contributed by atoms with E-state index in [1.54, 1.807) is 0 Å². The molecule has 0 radical (unpaired) electrons. The fourth-order valence-electron chi connectivity index (χ4n) is 8.66. The number of carbonyl (C=O) groups is 6. The average molecular weight is 1160 g/mol. The summed E-state index contributed by atoms with van der Waals surface area (Å²) >= 11 is 0. The smallest absolute Gasteiger partial charge is 0.307 e. The zero-order chi connectivity index (χ0) is 56.4. The lowest BCUT2D eigenvalue weighted by molar-refractivity contribution is -0.170. The molecule has 0 unspecified atom stereocenters. The minimum absolute atomic E-state index is 0.0267. The van der Waals surface area contributed by atoms with Gasteiger partial charge in [-0.2, -0.15) is 0 Å². The summed E-state index contributed by atoms with van der Waals surface area (Å²) in [5.41, 5.74) is -2.18. The lowest BCUT2D eigenvalue weighted by atomic mass is 9.92. The third-order valence-corrected chi connectivity index (χ3v) is 22.1. The predicted octanol–water partition coefficient (Wildman–Crippen LogP) is 1.73. The van der Waals surface area contributed by atoms with Gasteiger partial charge in [0, 0.05) is 131 Å². The molecular weight excluding hydrogens is 1060 g/mol. The van der Waals surface area contributed by atoms with E-state index in [0.29, 0.717) is 65.7 Å². The van der Waals surface area contributed by atoms with Gasteiger partial charge >= 0.3 is 35.8 Å². The number of ether oxygens (including phenoxy) is 10. The zero-order valence-electron chi connectivity index (χ0n) is 48.3. The van der Waals surface area contributed by atoms with E-state index in [1.165, 1.54) is 0 Å². The second-order valence-corrected chi connectivity index (χ2v) is 32.5. The quantitative estimate of drug-likeness (QED) is 0.0278. The molecule has 0 atom stereocenters. The summed E-state index contributed by atoms with van der Waals surface area (Å²) in [6.07, 6.45) is 3.10. The molecule has 6 saturated heterocycles. The molecule has 0 bridgehead atoms. The third kappa shape index (κ3) is 31.2. The van der Waals surface area contributed by atoms with Gasteiger partial charge in [-0.25, -0.2) is 0 Å². The van der Waals surface area contributed by atoms with E-state index in [2.05, 4.69) is 55.6 Å². The van der Waals surface area contributed by atoms with E-state index in [4.69, 9.17) is 51.5 Å². The van der Waals surface area contributed by atoms with E-state index >= 15 is 0 Å². The second kappa shape index (κ2) is 33.8. The molecule has 0 spiro atoms. The molecule has 0 saturated carbocycles. The third-order valence-electron chi connectivity index (χ3n) is 14.5. The van der Waals surface area contributed by atoms with Crippen LogP contribution in [0.4, 0.5) is 0 Å². The summed E-state index contributed by atoms with van der Waals surface area (Å²) in [7, 11) is -4.07. The molecule has 452 valence electrons. The highest BCUT2D eigenvalue weighted by atomic mass is 28.4. The van der Waals surface area contributed by atoms with Crippen molar-refractivity contribution in [3.8, 4) is 0 Å². The summed E-state index contributed by atoms with van der Waals surface area (Å²) in [5, 5.41) is 0. The van der Waals surface area contributed by atoms with E-state index in [1.807, 2.05) is 0 Å². The Morgan fingerprint density at radius 1 is 0.316 bits per heavy atom. The molecule has 0 amide bonds. The molecule has 6 heterocycles. The minimum atomic E-state index is -2.03. The zero-order valence-corrected chi connectivity index (χ0v) is 50.3. The first kappa shape index (κ1) is 65.0. The van der Waals surface area contributed by atoms with Crippen LogP contribution >= 0.6 is 0 Å². The number of nitrogens with zero attached hydrogens (tertiary/aromatic N) is 6. The lowest BCUT2D eigenvalue weighted by Crippen LogP contribution is -2.44. The van der Waals surface area contributed by atoms with Crippen molar-refractivity contribution >= 4 is 52.5 Å². The van der Waals surface area contributed by atoms with Crippen molar-refractivity contribution in [3.05, 3.63) is 0 Å². The molecule has 79 heavy (non-hydrogen) atoms. The Morgan fingerprint density at radius 3 is 0.747 bits per heavy atom. The van der Waals surface area contributed by atoms with Crippen molar-refractivity contribution in [2.75, 3.05) is 210 Å². The first-order valence-corrected chi connectivity index (χ1v) is 35.5. The van der Waals surface area contributed by atoms with Crippen molar-refractivity contribution in [1.82, 2.24) is 29.4 Å². The predicted molar refractivity (Wildman–Crippen MR) is 295 cm³/mol. The molecule has 6 rings (SSSR count). The van der Waals surface area contributed by atoms with Gasteiger partial charge < -0.3 is 80.9 Å². The standard InChI is InChI=1S/C54H96N6O17Si2/c1-78(2,37-5-31-67-33-35-69-39-53(41-71-47(61)7-13-55-19-20-55,42-72-48(62)8-14-56-21-22-56)43-73-49(63)9-15-57-23-24-57)77-79(3,4)38-6-32-68-34-36-70-40-54(44-74-50(64)10-16-58-25-26-58,45-75-51(65)11-17-59-27-28-59)46-76-52(66)12-18-60-29-30-60/h5-46H2,1-4H3. The Kier molecular flexibility index (Phi) is 27.8. The number of carbonyl (C=O) groups excluding carboxylic acids is 6. The van der Waals surface area contributed by atoms with Crippen LogP contribution in [0.1, 0.15) is 51.4 Å². The summed E-state index contributed by atoms with van der Waals surface area (Å²) in [6, 6.07) is 1.84. The molecule has 0 aromatic rings. The highest BCUT2D eigenvalue weighted by Gasteiger charge is 2.39. The summed E-state index contributed by atoms with van der Waals surface area (Å²) in [5.74, 6) is -2.21. The SMILES string of the molecule is C[Si](C)(CCCOCCOCC(COC(=O)CCN1CC1)(COC(=O)CCN1CC1)COC(=O)CCN1CC1)O[Si](C)(C)CCCOCCOCC(COC(=O)CCN1CC1)(COC(=O)CCN1CC1)COC(=O)CCN1CC1. The van der Waals surface area contributed by atoms with Crippen molar-refractivity contribution in [2.24, 2.45) is 10.8 Å². The van der Waals surface area contributed by atoms with Crippen LogP contribution in [-0.4, -0.2) is 292 Å². The van der Waals surface area contributed by atoms with Crippen molar-refractivity contribution in [2.45, 2.75) is 89.6 Å². The van der Waals surface area contributed by atoms with Crippen LogP contribution in [0.25, 0.3) is 0 Å². The maximum Gasteiger partial charge on any atom is 0.307 e. The van der Waals surface area contributed by atoms with Crippen LogP contribution in [0.5, 0.6) is 0 Å². The van der Waals surface area contributed by atoms with E-state index in [-0.39, 0.29) is 140 Å². The highest BCUT2D eigenvalue weighted by molar-refractivity contribution is 6.84. The lowest BCUT2D eigenvalue weighted by Gasteiger charge is -2.34. The second-order valence-electron chi connectivity index (χ2n) is 23.7. The van der Waals surface area contributed by atoms with Crippen LogP contribution in [0, 0.1) is 10.8 Å². The highest BCUT2D eigenvalue weighted by Crippen LogP contribution is 2.26. The number of esters is 6. The van der Waals surface area contributed by atoms with Gasteiger partial charge in [-0.3, -0.25) is 28.8 Å². The molecule has 6 fully saturated rings. The number of hydrogen-bond acceptors (Lipinski definition) is 23. The molecule has 0 N–H and O–H groups in total. The molecule has 6 aliphatic rings. The Morgan fingerprint density at radius 2 is 0.532 bits per heavy atom. The van der Waals surface area contributed by atoms with Crippen molar-refractivity contribution in [3.63, 3.8) is 0 Å². The normalized spacial score (nSPS) is 17.8. The summed E-state index contributed by atoms with van der Waals surface area (Å²) in [4.78, 5) is 89.6. The van der Waals surface area contributed by atoms with Crippen LogP contribution in [0.15, 0.2) is 0 Å². The van der Waals surface area contributed by atoms with Gasteiger partial charge in [0.15, 0.2) is 16.6 Å². The van der Waals surface area contributed by atoms with Crippen LogP contribution in [0.3, 0.4) is 0 Å². The van der Waals surface area contributed by atoms with Gasteiger partial charge in [0.2, 0.25) is 0 Å². The number of hydrogen-bond donors (Lipinski definition) is 0. The first-order valence-electron chi connectivity index (χ1n) is 29.2.